The van der Waals surface area contributed by atoms with Crippen LogP contribution in [0.4, 0.5) is 0 Å². The minimum absolute atomic E-state index is 0.147. The lowest BCUT2D eigenvalue weighted by Gasteiger charge is -2.41. The van der Waals surface area contributed by atoms with Crippen LogP contribution in [0.1, 0.15) is 78.2 Å². The molecule has 0 aliphatic carbocycles. The average Bonchev–Trinajstić information content (AvgIpc) is 2.77. The minimum atomic E-state index is -1.54. The van der Waals surface area contributed by atoms with Crippen molar-refractivity contribution in [2.75, 3.05) is 46.2 Å². The lowest BCUT2D eigenvalue weighted by molar-refractivity contribution is -0.121. The predicted octanol–water partition coefficient (Wildman–Crippen LogP) is 5.30. The van der Waals surface area contributed by atoms with Gasteiger partial charge in [0.15, 0.2) is 0 Å². The van der Waals surface area contributed by atoms with Crippen LogP contribution < -0.4 is 0 Å². The maximum atomic E-state index is 8.99. The van der Waals surface area contributed by atoms with E-state index in [0.717, 1.165) is 0 Å². The van der Waals surface area contributed by atoms with Gasteiger partial charge in [0.2, 0.25) is 0 Å². The van der Waals surface area contributed by atoms with E-state index >= 15 is 0 Å². The van der Waals surface area contributed by atoms with E-state index in [4.69, 9.17) is 32.6 Å². The molecule has 30 heavy (non-hydrogen) atoms. The number of rotatable bonds is 20. The third-order valence-electron chi connectivity index (χ3n) is 3.90. The van der Waals surface area contributed by atoms with E-state index < -0.39 is 14.1 Å². The predicted molar refractivity (Wildman–Crippen MR) is 122 cm³/mol. The fourth-order valence-corrected chi connectivity index (χ4v) is 4.50. The van der Waals surface area contributed by atoms with Gasteiger partial charge in [0, 0.05) is 36.0 Å². The largest absolute Gasteiger partial charge is 0.378 e. The highest BCUT2D eigenvalue weighted by atomic mass is 31.2. The van der Waals surface area contributed by atoms with Crippen LogP contribution in [0.2, 0.25) is 0 Å². The van der Waals surface area contributed by atoms with Crippen molar-refractivity contribution in [2.45, 2.75) is 91.8 Å². The van der Waals surface area contributed by atoms with E-state index in [-0.39, 0.29) is 65.6 Å². The molecule has 0 fully saturated rings. The lowest BCUT2D eigenvalue weighted by atomic mass is 10.1. The van der Waals surface area contributed by atoms with Crippen molar-refractivity contribution in [3.63, 3.8) is 0 Å². The first-order valence-corrected chi connectivity index (χ1v) is 11.9. The standard InChI is InChI=1S/C22H45N2O5P/c1-8-13-25-17-22(18-26-14-9-2,19-27-15-10-3)29-30(28-16-11-12-23)24(20(4)5)21(6)7/h20-21H,8-11,13-19H2,1-7H3/i1D,2D,3D. The Morgan fingerprint density at radius 1 is 0.867 bits per heavy atom. The number of hydrogen-bond acceptors (Lipinski definition) is 7. The highest BCUT2D eigenvalue weighted by Crippen LogP contribution is 2.49. The molecular formula is C22H45N2O5P. The molecule has 1 atom stereocenters. The third kappa shape index (κ3) is 12.5. The van der Waals surface area contributed by atoms with Crippen LogP contribution in [0.25, 0.3) is 0 Å². The highest BCUT2D eigenvalue weighted by Gasteiger charge is 2.40. The maximum absolute atomic E-state index is 8.99. The molecule has 0 aromatic rings. The Hall–Kier alpha value is -0.320. The van der Waals surface area contributed by atoms with Crippen LogP contribution in [0.15, 0.2) is 0 Å². The molecule has 0 aliphatic rings. The van der Waals surface area contributed by atoms with Gasteiger partial charge >= 0.3 is 0 Å². The Balaban J connectivity index is 5.78. The van der Waals surface area contributed by atoms with Crippen molar-refractivity contribution in [1.82, 2.24) is 4.67 Å². The van der Waals surface area contributed by atoms with Crippen molar-refractivity contribution in [1.29, 1.82) is 5.26 Å². The van der Waals surface area contributed by atoms with E-state index in [1.165, 1.54) is 0 Å². The molecule has 0 spiro atoms. The molecule has 0 saturated carbocycles. The quantitative estimate of drug-likeness (QED) is 0.184. The van der Waals surface area contributed by atoms with Gasteiger partial charge in [-0.3, -0.25) is 0 Å². The molecule has 0 N–H and O–H groups in total. The van der Waals surface area contributed by atoms with Crippen LogP contribution in [0.3, 0.4) is 0 Å². The van der Waals surface area contributed by atoms with Crippen molar-refractivity contribution >= 4 is 8.53 Å². The molecule has 7 nitrogen and oxygen atoms in total. The summed E-state index contributed by atoms with van der Waals surface area (Å²) in [5.41, 5.74) is -0.952. The summed E-state index contributed by atoms with van der Waals surface area (Å²) in [6, 6.07) is 2.41. The minimum Gasteiger partial charge on any atom is -0.378 e. The lowest BCUT2D eigenvalue weighted by Crippen LogP contribution is -2.48. The molecule has 0 amide bonds. The molecular weight excluding hydrogens is 403 g/mol. The second-order valence-electron chi connectivity index (χ2n) is 7.54. The van der Waals surface area contributed by atoms with Crippen LogP contribution in [-0.4, -0.2) is 68.6 Å². The van der Waals surface area contributed by atoms with E-state index in [2.05, 4.69) is 38.4 Å². The zero-order valence-corrected chi connectivity index (χ0v) is 20.3. The Bertz CT molecular complexity index is 462. The fourth-order valence-electron chi connectivity index (χ4n) is 2.73. The molecule has 1 unspecified atom stereocenters. The molecule has 0 aliphatic heterocycles. The molecule has 178 valence electrons. The highest BCUT2D eigenvalue weighted by molar-refractivity contribution is 7.44. The molecule has 0 bridgehead atoms. The monoisotopic (exact) mass is 451 g/mol. The number of ether oxygens (including phenoxy) is 3. The van der Waals surface area contributed by atoms with Crippen molar-refractivity contribution in [3.8, 4) is 6.07 Å². The van der Waals surface area contributed by atoms with Crippen LogP contribution in [0.5, 0.6) is 0 Å². The SMILES string of the molecule is [2H]CCCOCC(COCCC[2H])(COCCC[2H])OP(OCCC#N)N(C(C)C)C(C)C. The topological polar surface area (TPSA) is 73.2 Å². The van der Waals surface area contributed by atoms with Gasteiger partial charge in [-0.15, -0.1) is 0 Å². The second-order valence-corrected chi connectivity index (χ2v) is 8.92. The molecule has 0 heterocycles. The van der Waals surface area contributed by atoms with Crippen LogP contribution >= 0.6 is 8.53 Å². The summed E-state index contributed by atoms with van der Waals surface area (Å²) in [6.07, 6.45) is 2.12. The zero-order chi connectivity index (χ0) is 25.0. The number of hydrogen-bond donors (Lipinski definition) is 0. The van der Waals surface area contributed by atoms with Gasteiger partial charge in [-0.2, -0.15) is 5.26 Å². The number of nitriles is 1. The first kappa shape index (κ1) is 24.3. The van der Waals surface area contributed by atoms with Gasteiger partial charge in [-0.25, -0.2) is 4.67 Å². The number of nitrogens with zero attached hydrogens (tertiary/aromatic N) is 2. The van der Waals surface area contributed by atoms with Gasteiger partial charge in [0.25, 0.3) is 8.53 Å². The van der Waals surface area contributed by atoms with Crippen molar-refractivity contribution in [3.05, 3.63) is 0 Å². The summed E-state index contributed by atoms with van der Waals surface area (Å²) < 4.78 is 54.6. The second kappa shape index (κ2) is 18.3. The van der Waals surface area contributed by atoms with Crippen molar-refractivity contribution in [2.24, 2.45) is 0 Å². The smallest absolute Gasteiger partial charge is 0.260 e. The van der Waals surface area contributed by atoms with Crippen LogP contribution in [0, 0.1) is 11.3 Å². The summed E-state index contributed by atoms with van der Waals surface area (Å²) in [5.74, 6) is 0. The van der Waals surface area contributed by atoms with Gasteiger partial charge in [-0.05, 0) is 47.0 Å². The Morgan fingerprint density at radius 3 is 1.70 bits per heavy atom. The summed E-state index contributed by atoms with van der Waals surface area (Å²) in [6.45, 7) is 11.3. The van der Waals surface area contributed by atoms with Gasteiger partial charge in [0.05, 0.1) is 38.9 Å². The fraction of sp³-hybridized carbons (Fsp3) is 0.955. The van der Waals surface area contributed by atoms with Gasteiger partial charge < -0.3 is 23.3 Å². The van der Waals surface area contributed by atoms with Crippen LogP contribution in [-0.2, 0) is 23.3 Å². The third-order valence-corrected chi connectivity index (χ3v) is 6.14. The zero-order valence-electron chi connectivity index (χ0n) is 22.4. The summed E-state index contributed by atoms with van der Waals surface area (Å²) in [4.78, 5) is 0. The summed E-state index contributed by atoms with van der Waals surface area (Å²) >= 11 is 0. The Kier molecular flexibility index (Phi) is 14.8. The molecule has 0 rings (SSSR count). The van der Waals surface area contributed by atoms with E-state index in [9.17, 15) is 0 Å². The molecule has 0 aromatic heterocycles. The van der Waals surface area contributed by atoms with E-state index in [1.807, 2.05) is 0 Å². The van der Waals surface area contributed by atoms with Gasteiger partial charge in [-0.1, -0.05) is 20.7 Å². The maximum Gasteiger partial charge on any atom is 0.260 e. The van der Waals surface area contributed by atoms with E-state index in [0.29, 0.717) is 39.1 Å². The Labute approximate surface area is 190 Å². The summed E-state index contributed by atoms with van der Waals surface area (Å²) in [5, 5.41) is 8.99. The Morgan fingerprint density at radius 2 is 1.33 bits per heavy atom. The first-order valence-electron chi connectivity index (χ1n) is 12.9. The first-order chi connectivity index (χ1) is 15.9. The molecule has 0 aromatic carbocycles. The molecule has 0 saturated heterocycles. The average molecular weight is 452 g/mol. The van der Waals surface area contributed by atoms with E-state index in [1.54, 1.807) is 0 Å². The van der Waals surface area contributed by atoms with Crippen molar-refractivity contribution < 1.29 is 27.4 Å². The molecule has 0 radical (unpaired) electrons. The molecule has 8 heteroatoms. The van der Waals surface area contributed by atoms with Gasteiger partial charge in [0.1, 0.15) is 5.60 Å². The summed E-state index contributed by atoms with van der Waals surface area (Å²) in [7, 11) is -1.54. The normalized spacial score (nSPS) is 14.7.